The van der Waals surface area contributed by atoms with Crippen LogP contribution >= 0.6 is 0 Å². The van der Waals surface area contributed by atoms with Crippen LogP contribution < -0.4 is 0 Å². The van der Waals surface area contributed by atoms with E-state index in [2.05, 4.69) is 21.1 Å². The summed E-state index contributed by atoms with van der Waals surface area (Å²) in [4.78, 5) is 0. The second kappa shape index (κ2) is 8.06. The summed E-state index contributed by atoms with van der Waals surface area (Å²) in [6, 6.07) is 0. The molecular weight excluding hydrogens is 107 g/mol. The first-order valence-electron chi connectivity index (χ1n) is 4.23. The van der Waals surface area contributed by atoms with Gasteiger partial charge < -0.3 is 0 Å². The minimum absolute atomic E-state index is 1.33. The lowest BCUT2D eigenvalue weighted by Gasteiger charge is -1.94. The van der Waals surface area contributed by atoms with Crippen molar-refractivity contribution in [2.24, 2.45) is 0 Å². The molecule has 0 rings (SSSR count). The Balaban J connectivity index is 2.60. The highest BCUT2D eigenvalue weighted by atomic mass is 13.8. The third-order valence-corrected chi connectivity index (χ3v) is 1.52. The van der Waals surface area contributed by atoms with Crippen molar-refractivity contribution in [3.63, 3.8) is 0 Å². The van der Waals surface area contributed by atoms with Crippen LogP contribution in [0.3, 0.4) is 0 Å². The molecule has 0 amide bonds. The zero-order chi connectivity index (χ0) is 6.95. The standard InChI is InChI=1S/C8H18B/c1-3-5-7-9-8-6-4-2/h3-8H2,1-2H3. The fourth-order valence-corrected chi connectivity index (χ4v) is 0.841. The predicted molar refractivity (Wildman–Crippen MR) is 45.2 cm³/mol. The van der Waals surface area contributed by atoms with Crippen molar-refractivity contribution in [2.45, 2.75) is 52.2 Å². The summed E-state index contributed by atoms with van der Waals surface area (Å²) in [7, 11) is 2.42. The van der Waals surface area contributed by atoms with Crippen molar-refractivity contribution in [3.05, 3.63) is 0 Å². The van der Waals surface area contributed by atoms with Gasteiger partial charge in [0.2, 0.25) is 0 Å². The summed E-state index contributed by atoms with van der Waals surface area (Å²) in [5.41, 5.74) is 0. The molecule has 0 aromatic heterocycles. The minimum Gasteiger partial charge on any atom is -0.0803 e. The first-order valence-corrected chi connectivity index (χ1v) is 4.23. The maximum absolute atomic E-state index is 2.42. The summed E-state index contributed by atoms with van der Waals surface area (Å²) in [6.45, 7) is 4.49. The van der Waals surface area contributed by atoms with E-state index in [0.29, 0.717) is 0 Å². The number of hydrogen-bond donors (Lipinski definition) is 0. The summed E-state index contributed by atoms with van der Waals surface area (Å²) < 4.78 is 0. The molecule has 9 heavy (non-hydrogen) atoms. The molecule has 0 aromatic carbocycles. The van der Waals surface area contributed by atoms with Gasteiger partial charge in [0, 0.05) is 0 Å². The highest BCUT2D eigenvalue weighted by Crippen LogP contribution is 1.99. The lowest BCUT2D eigenvalue weighted by Crippen LogP contribution is -1.87. The zero-order valence-electron chi connectivity index (χ0n) is 6.82. The van der Waals surface area contributed by atoms with Gasteiger partial charge in [0.1, 0.15) is 7.28 Å². The zero-order valence-corrected chi connectivity index (χ0v) is 6.82. The Morgan fingerprint density at radius 2 is 1.33 bits per heavy atom. The lowest BCUT2D eigenvalue weighted by molar-refractivity contribution is 0.851. The van der Waals surface area contributed by atoms with Crippen LogP contribution in [0.25, 0.3) is 0 Å². The molecule has 0 atom stereocenters. The summed E-state index contributed by atoms with van der Waals surface area (Å²) in [5.74, 6) is 0. The molecule has 0 unspecified atom stereocenters. The van der Waals surface area contributed by atoms with Crippen molar-refractivity contribution < 1.29 is 0 Å². The number of unbranched alkanes of at least 4 members (excludes halogenated alkanes) is 2. The van der Waals surface area contributed by atoms with Gasteiger partial charge in [-0.3, -0.25) is 0 Å². The van der Waals surface area contributed by atoms with Crippen LogP contribution in [0.5, 0.6) is 0 Å². The van der Waals surface area contributed by atoms with E-state index in [0.717, 1.165) is 0 Å². The molecule has 0 saturated carbocycles. The third-order valence-electron chi connectivity index (χ3n) is 1.52. The molecule has 0 heterocycles. The van der Waals surface area contributed by atoms with Crippen molar-refractivity contribution in [1.29, 1.82) is 0 Å². The summed E-state index contributed by atoms with van der Waals surface area (Å²) >= 11 is 0. The lowest BCUT2D eigenvalue weighted by atomic mass is 9.68. The van der Waals surface area contributed by atoms with Crippen LogP contribution in [0, 0.1) is 0 Å². The Morgan fingerprint density at radius 3 is 1.67 bits per heavy atom. The van der Waals surface area contributed by atoms with Gasteiger partial charge in [0.15, 0.2) is 0 Å². The molecule has 0 saturated heterocycles. The second-order valence-electron chi connectivity index (χ2n) is 2.57. The Labute approximate surface area is 60.3 Å². The molecule has 0 aromatic rings. The molecule has 1 heteroatoms. The smallest absolute Gasteiger partial charge is 0.0803 e. The van der Waals surface area contributed by atoms with E-state index >= 15 is 0 Å². The maximum atomic E-state index is 2.42. The first kappa shape index (κ1) is 9.06. The Kier molecular flexibility index (Phi) is 8.12. The maximum Gasteiger partial charge on any atom is 0.109 e. The molecule has 0 fully saturated rings. The van der Waals surface area contributed by atoms with Gasteiger partial charge >= 0.3 is 0 Å². The minimum atomic E-state index is 1.33. The van der Waals surface area contributed by atoms with Gasteiger partial charge in [-0.2, -0.15) is 0 Å². The number of hydrogen-bond acceptors (Lipinski definition) is 0. The Morgan fingerprint density at radius 1 is 0.889 bits per heavy atom. The van der Waals surface area contributed by atoms with Crippen LogP contribution in [-0.4, -0.2) is 7.28 Å². The van der Waals surface area contributed by atoms with E-state index in [1.165, 1.54) is 38.3 Å². The average Bonchev–Trinajstić information content (AvgIpc) is 1.89. The van der Waals surface area contributed by atoms with Gasteiger partial charge in [0.25, 0.3) is 0 Å². The van der Waals surface area contributed by atoms with Crippen LogP contribution in [-0.2, 0) is 0 Å². The second-order valence-corrected chi connectivity index (χ2v) is 2.57. The van der Waals surface area contributed by atoms with E-state index in [9.17, 15) is 0 Å². The fourth-order valence-electron chi connectivity index (χ4n) is 0.841. The predicted octanol–water partition coefficient (Wildman–Crippen LogP) is 3.13. The average molecular weight is 125 g/mol. The molecular formula is C8H18B. The van der Waals surface area contributed by atoms with E-state index in [1.54, 1.807) is 0 Å². The van der Waals surface area contributed by atoms with Gasteiger partial charge in [-0.15, -0.1) is 0 Å². The molecule has 0 aliphatic carbocycles. The molecule has 53 valence electrons. The highest BCUT2D eigenvalue weighted by Gasteiger charge is 1.88. The van der Waals surface area contributed by atoms with Crippen molar-refractivity contribution >= 4 is 7.28 Å². The van der Waals surface area contributed by atoms with Crippen LogP contribution in [0.15, 0.2) is 0 Å². The van der Waals surface area contributed by atoms with Crippen molar-refractivity contribution in [1.82, 2.24) is 0 Å². The van der Waals surface area contributed by atoms with E-state index in [1.807, 2.05) is 0 Å². The number of rotatable bonds is 6. The van der Waals surface area contributed by atoms with Crippen molar-refractivity contribution in [2.75, 3.05) is 0 Å². The molecule has 1 radical (unpaired) electrons. The Bertz CT molecular complexity index is 37.8. The van der Waals surface area contributed by atoms with E-state index in [-0.39, 0.29) is 0 Å². The SMILES string of the molecule is CCCC[B]CCCC. The largest absolute Gasteiger partial charge is 0.109 e. The molecule has 0 bridgehead atoms. The third kappa shape index (κ3) is 8.06. The van der Waals surface area contributed by atoms with Crippen LogP contribution in [0.2, 0.25) is 12.6 Å². The quantitative estimate of drug-likeness (QED) is 0.378. The highest BCUT2D eigenvalue weighted by molar-refractivity contribution is 6.35. The fraction of sp³-hybridized carbons (Fsp3) is 1.00. The summed E-state index contributed by atoms with van der Waals surface area (Å²) in [5, 5.41) is 0. The molecule has 0 aliphatic rings. The monoisotopic (exact) mass is 125 g/mol. The van der Waals surface area contributed by atoms with Gasteiger partial charge in [-0.1, -0.05) is 52.2 Å². The first-order chi connectivity index (χ1) is 4.41. The van der Waals surface area contributed by atoms with Crippen molar-refractivity contribution in [3.8, 4) is 0 Å². The summed E-state index contributed by atoms with van der Waals surface area (Å²) in [6.07, 6.45) is 8.09. The topological polar surface area (TPSA) is 0 Å². The normalized spacial score (nSPS) is 9.56. The van der Waals surface area contributed by atoms with Crippen LogP contribution in [0.4, 0.5) is 0 Å². The van der Waals surface area contributed by atoms with Crippen LogP contribution in [0.1, 0.15) is 39.5 Å². The molecule has 0 spiro atoms. The van der Waals surface area contributed by atoms with E-state index < -0.39 is 0 Å². The van der Waals surface area contributed by atoms with Gasteiger partial charge in [0.05, 0.1) is 0 Å². The van der Waals surface area contributed by atoms with Gasteiger partial charge in [-0.25, -0.2) is 0 Å². The molecule has 0 aliphatic heterocycles. The Hall–Kier alpha value is 0.0649. The molecule has 0 N–H and O–H groups in total. The van der Waals surface area contributed by atoms with E-state index in [4.69, 9.17) is 0 Å². The molecule has 0 nitrogen and oxygen atoms in total. The van der Waals surface area contributed by atoms with Gasteiger partial charge in [-0.05, 0) is 0 Å².